The number of carbonyl (C=O) groups excluding carboxylic acids is 1. The minimum absolute atomic E-state index is 0.0613. The predicted molar refractivity (Wildman–Crippen MR) is 98.1 cm³/mol. The van der Waals surface area contributed by atoms with Gasteiger partial charge in [0, 0.05) is 11.8 Å². The lowest BCUT2D eigenvalue weighted by Gasteiger charge is -2.05. The van der Waals surface area contributed by atoms with E-state index in [4.69, 9.17) is 4.74 Å². The number of ether oxygens (including phenoxy) is 1. The third-order valence-electron chi connectivity index (χ3n) is 4.60. The molecule has 3 N–H and O–H groups in total. The monoisotopic (exact) mass is 351 g/mol. The first-order chi connectivity index (χ1) is 12.7. The summed E-state index contributed by atoms with van der Waals surface area (Å²) in [6.45, 7) is 0.923. The maximum absolute atomic E-state index is 14.5. The average Bonchev–Trinajstić information content (AvgIpc) is 3.36. The normalized spacial score (nSPS) is 19.8. The number of methoxy groups -OCH3 is 1. The second-order valence-corrected chi connectivity index (χ2v) is 6.24. The highest BCUT2D eigenvalue weighted by atomic mass is 19.1. The molecule has 2 aliphatic rings. The van der Waals surface area contributed by atoms with Crippen LogP contribution in [-0.2, 0) is 4.79 Å². The quantitative estimate of drug-likeness (QED) is 0.576. The largest absolute Gasteiger partial charge is 0.495 e. The second-order valence-electron chi connectivity index (χ2n) is 6.24. The Kier molecular flexibility index (Phi) is 4.23. The number of fused-ring (bicyclic) bond motifs is 1. The van der Waals surface area contributed by atoms with Gasteiger partial charge >= 0.3 is 0 Å². The lowest BCUT2D eigenvalue weighted by molar-refractivity contribution is -0.110. The third kappa shape index (κ3) is 2.87. The Balaban J connectivity index is 1.82. The van der Waals surface area contributed by atoms with Crippen LogP contribution in [0, 0.1) is 17.7 Å². The highest BCUT2D eigenvalue weighted by molar-refractivity contribution is 6.35. The van der Waals surface area contributed by atoms with E-state index in [0.717, 1.165) is 19.4 Å². The average molecular weight is 351 g/mol. The molecule has 0 bridgehead atoms. The zero-order chi connectivity index (χ0) is 18.1. The molecule has 6 heteroatoms. The predicted octanol–water partition coefficient (Wildman–Crippen LogP) is 2.76. The Hall–Kier alpha value is -3.04. The summed E-state index contributed by atoms with van der Waals surface area (Å²) in [5.74, 6) is 5.92. The van der Waals surface area contributed by atoms with E-state index in [9.17, 15) is 9.18 Å². The highest BCUT2D eigenvalue weighted by Gasteiger charge is 2.29. The second kappa shape index (κ2) is 6.70. The molecule has 3 heterocycles. The molecule has 0 spiro atoms. The Bertz CT molecular complexity index is 959. The number of aromatic amines is 1. The van der Waals surface area contributed by atoms with Gasteiger partial charge in [-0.1, -0.05) is 11.8 Å². The number of amides is 1. The molecule has 132 valence electrons. The zero-order valence-electron chi connectivity index (χ0n) is 14.3. The van der Waals surface area contributed by atoms with Crippen LogP contribution in [0.2, 0.25) is 0 Å². The van der Waals surface area contributed by atoms with Crippen LogP contribution < -0.4 is 15.4 Å². The van der Waals surface area contributed by atoms with E-state index in [1.807, 2.05) is 0 Å². The number of nitrogens with one attached hydrogen (secondary N) is 3. The fraction of sp³-hybridized carbons (Fsp3) is 0.250. The molecule has 1 saturated heterocycles. The maximum Gasteiger partial charge on any atom is 0.256 e. The molecule has 1 aromatic carbocycles. The van der Waals surface area contributed by atoms with E-state index in [-0.39, 0.29) is 17.5 Å². The number of aromatic nitrogens is 1. The van der Waals surface area contributed by atoms with Crippen LogP contribution >= 0.6 is 0 Å². The molecule has 2 aliphatic heterocycles. The third-order valence-corrected chi connectivity index (χ3v) is 4.60. The topological polar surface area (TPSA) is 66.2 Å². The van der Waals surface area contributed by atoms with Gasteiger partial charge in [0.05, 0.1) is 35.7 Å². The number of H-pyrrole nitrogens is 1. The van der Waals surface area contributed by atoms with Gasteiger partial charge in [-0.25, -0.2) is 4.39 Å². The van der Waals surface area contributed by atoms with Gasteiger partial charge in [-0.05, 0) is 43.7 Å². The summed E-state index contributed by atoms with van der Waals surface area (Å²) in [7, 11) is 1.55. The standard InChI is InChI=1S/C20H18FN3O2/c1-26-18-8-10-23-17(18)11-14-19-13(5-4-12-3-2-9-22-12)15(21)6-7-16(19)24-20(14)25/h6-8,10-12,22-23H,2-3,9H2,1H3,(H,24,25)/t12-/m1/s1. The SMILES string of the molecule is COc1cc[nH]c1C=C1C(=O)Nc2ccc(F)c(C#C[C@H]3CCCN3)c21. The van der Waals surface area contributed by atoms with Gasteiger partial charge in [0.15, 0.2) is 0 Å². The molecule has 0 unspecified atom stereocenters. The molecule has 1 fully saturated rings. The fourth-order valence-electron chi connectivity index (χ4n) is 3.29. The van der Waals surface area contributed by atoms with Crippen molar-refractivity contribution in [3.8, 4) is 17.6 Å². The Morgan fingerprint density at radius 3 is 3.00 bits per heavy atom. The number of halogens is 1. The summed E-state index contributed by atoms with van der Waals surface area (Å²) in [6.07, 6.45) is 5.39. The van der Waals surface area contributed by atoms with Gasteiger partial charge in [0.1, 0.15) is 11.6 Å². The molecule has 26 heavy (non-hydrogen) atoms. The summed E-state index contributed by atoms with van der Waals surface area (Å²) < 4.78 is 19.8. The van der Waals surface area contributed by atoms with E-state index >= 15 is 0 Å². The molecular weight excluding hydrogens is 333 g/mol. The van der Waals surface area contributed by atoms with Gasteiger partial charge in [-0.3, -0.25) is 4.79 Å². The van der Waals surface area contributed by atoms with Crippen LogP contribution in [0.3, 0.4) is 0 Å². The van der Waals surface area contributed by atoms with Crippen molar-refractivity contribution in [1.29, 1.82) is 0 Å². The number of carbonyl (C=O) groups is 1. The summed E-state index contributed by atoms with van der Waals surface area (Å²) in [5.41, 5.74) is 2.32. The first kappa shape index (κ1) is 16.4. The van der Waals surface area contributed by atoms with Gasteiger partial charge < -0.3 is 20.4 Å². The summed E-state index contributed by atoms with van der Waals surface area (Å²) in [6, 6.07) is 4.72. The van der Waals surface area contributed by atoms with Crippen LogP contribution in [0.15, 0.2) is 24.4 Å². The number of anilines is 1. The lowest BCUT2D eigenvalue weighted by Crippen LogP contribution is -2.18. The molecular formula is C20H18FN3O2. The number of rotatable bonds is 2. The molecule has 2 aromatic rings. The van der Waals surface area contributed by atoms with Gasteiger partial charge in [0.25, 0.3) is 5.91 Å². The van der Waals surface area contributed by atoms with Crippen LogP contribution in [0.25, 0.3) is 11.6 Å². The van der Waals surface area contributed by atoms with E-state index in [0.29, 0.717) is 28.3 Å². The van der Waals surface area contributed by atoms with Crippen molar-refractivity contribution in [2.45, 2.75) is 18.9 Å². The van der Waals surface area contributed by atoms with E-state index < -0.39 is 5.82 Å². The van der Waals surface area contributed by atoms with Crippen molar-refractivity contribution in [3.63, 3.8) is 0 Å². The van der Waals surface area contributed by atoms with Gasteiger partial charge in [0.2, 0.25) is 0 Å². The highest BCUT2D eigenvalue weighted by Crippen LogP contribution is 2.37. The first-order valence-corrected chi connectivity index (χ1v) is 8.49. The zero-order valence-corrected chi connectivity index (χ0v) is 14.3. The van der Waals surface area contributed by atoms with Crippen molar-refractivity contribution >= 4 is 23.2 Å². The molecule has 4 rings (SSSR count). The van der Waals surface area contributed by atoms with Crippen molar-refractivity contribution in [2.75, 3.05) is 19.0 Å². The van der Waals surface area contributed by atoms with Crippen LogP contribution in [0.4, 0.5) is 10.1 Å². The number of hydrogen-bond acceptors (Lipinski definition) is 3. The minimum Gasteiger partial charge on any atom is -0.495 e. The van der Waals surface area contributed by atoms with Crippen LogP contribution in [0.1, 0.15) is 29.7 Å². The van der Waals surface area contributed by atoms with Crippen molar-refractivity contribution in [3.05, 3.63) is 47.0 Å². The molecule has 5 nitrogen and oxygen atoms in total. The Morgan fingerprint density at radius 2 is 2.23 bits per heavy atom. The lowest BCUT2D eigenvalue weighted by atomic mass is 9.98. The molecule has 1 atom stereocenters. The van der Waals surface area contributed by atoms with Gasteiger partial charge in [-0.15, -0.1) is 0 Å². The van der Waals surface area contributed by atoms with Crippen molar-refractivity contribution in [1.82, 2.24) is 10.3 Å². The van der Waals surface area contributed by atoms with E-state index in [1.165, 1.54) is 6.07 Å². The Morgan fingerprint density at radius 1 is 1.35 bits per heavy atom. The van der Waals surface area contributed by atoms with Crippen molar-refractivity contribution < 1.29 is 13.9 Å². The summed E-state index contributed by atoms with van der Waals surface area (Å²) in [5, 5.41) is 6.05. The molecule has 1 aromatic heterocycles. The van der Waals surface area contributed by atoms with Crippen molar-refractivity contribution in [2.24, 2.45) is 0 Å². The molecule has 0 saturated carbocycles. The maximum atomic E-state index is 14.5. The molecule has 1 amide bonds. The smallest absolute Gasteiger partial charge is 0.256 e. The summed E-state index contributed by atoms with van der Waals surface area (Å²) >= 11 is 0. The van der Waals surface area contributed by atoms with Crippen LogP contribution in [-0.4, -0.2) is 30.6 Å². The van der Waals surface area contributed by atoms with E-state index in [2.05, 4.69) is 27.5 Å². The summed E-state index contributed by atoms with van der Waals surface area (Å²) in [4.78, 5) is 15.5. The fourth-order valence-corrected chi connectivity index (χ4v) is 3.29. The molecule has 0 aliphatic carbocycles. The first-order valence-electron chi connectivity index (χ1n) is 8.49. The molecule has 0 radical (unpaired) electrons. The minimum atomic E-state index is -0.435. The Labute approximate surface area is 150 Å². The van der Waals surface area contributed by atoms with E-state index in [1.54, 1.807) is 31.5 Å². The number of hydrogen-bond donors (Lipinski definition) is 3. The number of benzene rings is 1. The van der Waals surface area contributed by atoms with Crippen LogP contribution in [0.5, 0.6) is 5.75 Å². The van der Waals surface area contributed by atoms with Gasteiger partial charge in [-0.2, -0.15) is 0 Å².